The topological polar surface area (TPSA) is 35.5 Å². The Morgan fingerprint density at radius 2 is 1.94 bits per heavy atom. The molecule has 0 heterocycles. The van der Waals surface area contributed by atoms with E-state index in [1.54, 1.807) is 14.0 Å². The summed E-state index contributed by atoms with van der Waals surface area (Å²) in [5, 5.41) is 0. The molecule has 0 fully saturated rings. The van der Waals surface area contributed by atoms with Gasteiger partial charge in [0.1, 0.15) is 11.5 Å². The van der Waals surface area contributed by atoms with E-state index in [1.807, 2.05) is 31.2 Å². The van der Waals surface area contributed by atoms with E-state index < -0.39 is 0 Å². The predicted octanol–water partition coefficient (Wildman–Crippen LogP) is 2.44. The van der Waals surface area contributed by atoms with Crippen molar-refractivity contribution in [3.63, 3.8) is 0 Å². The highest BCUT2D eigenvalue weighted by Gasteiger charge is 2.07. The smallest absolute Gasteiger partial charge is 0.134 e. The molecule has 0 radical (unpaired) electrons. The van der Waals surface area contributed by atoms with Gasteiger partial charge in [0.25, 0.3) is 0 Å². The van der Waals surface area contributed by atoms with Gasteiger partial charge in [-0.15, -0.1) is 0 Å². The van der Waals surface area contributed by atoms with Gasteiger partial charge in [0, 0.05) is 5.92 Å². The van der Waals surface area contributed by atoms with Crippen LogP contribution in [-0.2, 0) is 16.1 Å². The van der Waals surface area contributed by atoms with Crippen LogP contribution >= 0.6 is 0 Å². The molecule has 0 saturated heterocycles. The van der Waals surface area contributed by atoms with Gasteiger partial charge in [0.05, 0.1) is 20.3 Å². The number of hydrogen-bond donors (Lipinski definition) is 0. The fourth-order valence-corrected chi connectivity index (χ4v) is 1.19. The van der Waals surface area contributed by atoms with Gasteiger partial charge in [-0.2, -0.15) is 0 Å². The molecule has 3 heteroatoms. The number of methoxy groups -OCH3 is 1. The summed E-state index contributed by atoms with van der Waals surface area (Å²) < 4.78 is 10.5. The van der Waals surface area contributed by atoms with Crippen LogP contribution in [0.25, 0.3) is 0 Å². The number of rotatable bonds is 6. The highest BCUT2D eigenvalue weighted by molar-refractivity contribution is 5.77. The zero-order chi connectivity index (χ0) is 12.0. The molecule has 0 N–H and O–H groups in total. The van der Waals surface area contributed by atoms with E-state index in [1.165, 1.54) is 0 Å². The van der Waals surface area contributed by atoms with E-state index in [-0.39, 0.29) is 11.7 Å². The van der Waals surface area contributed by atoms with E-state index in [0.717, 1.165) is 11.3 Å². The third-order valence-electron chi connectivity index (χ3n) is 2.49. The Hall–Kier alpha value is -1.35. The molecule has 88 valence electrons. The fraction of sp³-hybridized carbons (Fsp3) is 0.462. The lowest BCUT2D eigenvalue weighted by atomic mass is 10.1. The molecule has 0 aromatic heterocycles. The monoisotopic (exact) mass is 222 g/mol. The van der Waals surface area contributed by atoms with Crippen molar-refractivity contribution in [2.24, 2.45) is 5.92 Å². The number of hydrogen-bond acceptors (Lipinski definition) is 3. The normalized spacial score (nSPS) is 12.2. The largest absolute Gasteiger partial charge is 0.497 e. The predicted molar refractivity (Wildman–Crippen MR) is 62.5 cm³/mol. The van der Waals surface area contributed by atoms with Crippen molar-refractivity contribution in [1.82, 2.24) is 0 Å². The number of ketones is 1. The van der Waals surface area contributed by atoms with Gasteiger partial charge in [-0.3, -0.25) is 4.79 Å². The van der Waals surface area contributed by atoms with Gasteiger partial charge in [-0.25, -0.2) is 0 Å². The molecular formula is C13H18O3. The molecule has 16 heavy (non-hydrogen) atoms. The van der Waals surface area contributed by atoms with Crippen LogP contribution in [0.15, 0.2) is 24.3 Å². The second kappa shape index (κ2) is 6.28. The Balaban J connectivity index is 2.34. The summed E-state index contributed by atoms with van der Waals surface area (Å²) in [6.45, 7) is 4.46. The summed E-state index contributed by atoms with van der Waals surface area (Å²) in [6, 6.07) is 7.70. The third-order valence-corrected chi connectivity index (χ3v) is 2.49. The summed E-state index contributed by atoms with van der Waals surface area (Å²) in [6.07, 6.45) is 0. The second-order valence-electron chi connectivity index (χ2n) is 3.87. The average Bonchev–Trinajstić information content (AvgIpc) is 2.29. The van der Waals surface area contributed by atoms with Crippen LogP contribution in [0.5, 0.6) is 5.75 Å². The molecule has 0 aliphatic carbocycles. The quantitative estimate of drug-likeness (QED) is 0.741. The summed E-state index contributed by atoms with van der Waals surface area (Å²) in [4.78, 5) is 11.0. The maximum absolute atomic E-state index is 11.0. The van der Waals surface area contributed by atoms with Gasteiger partial charge < -0.3 is 9.47 Å². The first-order valence-electron chi connectivity index (χ1n) is 5.34. The molecule has 0 bridgehead atoms. The molecule has 0 saturated carbocycles. The molecule has 0 aliphatic rings. The van der Waals surface area contributed by atoms with Crippen molar-refractivity contribution in [2.45, 2.75) is 20.5 Å². The number of Topliss-reactive ketones (excluding diaryl/α,β-unsaturated/α-hetero) is 1. The Labute approximate surface area is 96.4 Å². The van der Waals surface area contributed by atoms with Crippen molar-refractivity contribution < 1.29 is 14.3 Å². The van der Waals surface area contributed by atoms with Crippen LogP contribution in [0, 0.1) is 5.92 Å². The van der Waals surface area contributed by atoms with E-state index in [0.29, 0.717) is 13.2 Å². The third kappa shape index (κ3) is 4.03. The van der Waals surface area contributed by atoms with Crippen molar-refractivity contribution in [1.29, 1.82) is 0 Å². The summed E-state index contributed by atoms with van der Waals surface area (Å²) in [5.74, 6) is 0.967. The zero-order valence-corrected chi connectivity index (χ0v) is 10.0. The number of ether oxygens (including phenoxy) is 2. The first-order chi connectivity index (χ1) is 7.63. The maximum atomic E-state index is 11.0. The van der Waals surface area contributed by atoms with Crippen molar-refractivity contribution >= 4 is 5.78 Å². The Morgan fingerprint density at radius 3 is 2.44 bits per heavy atom. The summed E-state index contributed by atoms with van der Waals surface area (Å²) in [5.41, 5.74) is 1.08. The highest BCUT2D eigenvalue weighted by atomic mass is 16.5. The molecular weight excluding hydrogens is 204 g/mol. The van der Waals surface area contributed by atoms with Crippen molar-refractivity contribution in [2.75, 3.05) is 13.7 Å². The van der Waals surface area contributed by atoms with Crippen LogP contribution in [-0.4, -0.2) is 19.5 Å². The van der Waals surface area contributed by atoms with Crippen LogP contribution in [0.2, 0.25) is 0 Å². The molecule has 1 aromatic rings. The molecule has 0 spiro atoms. The minimum atomic E-state index is -0.0294. The van der Waals surface area contributed by atoms with Gasteiger partial charge in [-0.1, -0.05) is 19.1 Å². The van der Waals surface area contributed by atoms with Gasteiger partial charge >= 0.3 is 0 Å². The van der Waals surface area contributed by atoms with E-state index in [9.17, 15) is 4.79 Å². The molecule has 1 aromatic carbocycles. The summed E-state index contributed by atoms with van der Waals surface area (Å²) >= 11 is 0. The lowest BCUT2D eigenvalue weighted by Crippen LogP contribution is -2.13. The first-order valence-corrected chi connectivity index (χ1v) is 5.34. The van der Waals surface area contributed by atoms with Crippen LogP contribution < -0.4 is 4.74 Å². The van der Waals surface area contributed by atoms with Crippen LogP contribution in [0.3, 0.4) is 0 Å². The van der Waals surface area contributed by atoms with E-state index in [2.05, 4.69) is 0 Å². The van der Waals surface area contributed by atoms with E-state index in [4.69, 9.17) is 9.47 Å². The maximum Gasteiger partial charge on any atom is 0.134 e. The number of benzene rings is 1. The Kier molecular flexibility index (Phi) is 4.99. The molecule has 3 nitrogen and oxygen atoms in total. The molecule has 0 amide bonds. The standard InChI is InChI=1S/C13H18O3/c1-10(11(2)14)8-16-9-12-4-6-13(15-3)7-5-12/h4-7,10H,8-9H2,1-3H3/t10-/m0/s1. The minimum absolute atomic E-state index is 0.0294. The Morgan fingerprint density at radius 1 is 1.31 bits per heavy atom. The molecule has 0 aliphatic heterocycles. The Bertz CT molecular complexity index is 330. The van der Waals surface area contributed by atoms with Gasteiger partial charge in [-0.05, 0) is 24.6 Å². The molecule has 1 atom stereocenters. The SMILES string of the molecule is COc1ccc(COC[C@H](C)C(C)=O)cc1. The number of carbonyl (C=O) groups is 1. The fourth-order valence-electron chi connectivity index (χ4n) is 1.19. The van der Waals surface area contributed by atoms with E-state index >= 15 is 0 Å². The summed E-state index contributed by atoms with van der Waals surface area (Å²) in [7, 11) is 1.64. The van der Waals surface area contributed by atoms with Crippen molar-refractivity contribution in [3.05, 3.63) is 29.8 Å². The zero-order valence-electron chi connectivity index (χ0n) is 10.0. The minimum Gasteiger partial charge on any atom is -0.497 e. The number of carbonyl (C=O) groups excluding carboxylic acids is 1. The van der Waals surface area contributed by atoms with Crippen LogP contribution in [0.1, 0.15) is 19.4 Å². The van der Waals surface area contributed by atoms with Gasteiger partial charge in [0.15, 0.2) is 0 Å². The molecule has 0 unspecified atom stereocenters. The average molecular weight is 222 g/mol. The van der Waals surface area contributed by atoms with Gasteiger partial charge in [0.2, 0.25) is 0 Å². The molecule has 1 rings (SSSR count). The lowest BCUT2D eigenvalue weighted by Gasteiger charge is -2.09. The van der Waals surface area contributed by atoms with Crippen LogP contribution in [0.4, 0.5) is 0 Å². The lowest BCUT2D eigenvalue weighted by molar-refractivity contribution is -0.122. The first kappa shape index (κ1) is 12.7. The van der Waals surface area contributed by atoms with Crippen molar-refractivity contribution in [3.8, 4) is 5.75 Å². The second-order valence-corrected chi connectivity index (χ2v) is 3.87. The highest BCUT2D eigenvalue weighted by Crippen LogP contribution is 2.12.